The molecule has 2 fully saturated rings. The van der Waals surface area contributed by atoms with E-state index < -0.39 is 0 Å². The van der Waals surface area contributed by atoms with Gasteiger partial charge in [-0.2, -0.15) is 0 Å². The van der Waals surface area contributed by atoms with Crippen LogP contribution in [0.5, 0.6) is 0 Å². The van der Waals surface area contributed by atoms with Gasteiger partial charge in [0.15, 0.2) is 0 Å². The zero-order chi connectivity index (χ0) is 11.4. The second kappa shape index (κ2) is 5.99. The van der Waals surface area contributed by atoms with Crippen LogP contribution in [0.15, 0.2) is 0 Å². The van der Waals surface area contributed by atoms with E-state index in [4.69, 9.17) is 4.74 Å². The molecule has 0 spiro atoms. The number of likely N-dealkylation sites (tertiary alicyclic amines) is 1. The fourth-order valence-corrected chi connectivity index (χ4v) is 3.22. The Morgan fingerprint density at radius 3 is 2.56 bits per heavy atom. The van der Waals surface area contributed by atoms with Crippen LogP contribution < -0.4 is 5.32 Å². The lowest BCUT2D eigenvalue weighted by Gasteiger charge is -2.41. The number of hydrogen-bond donors (Lipinski definition) is 1. The average molecular weight is 228 g/mol. The van der Waals surface area contributed by atoms with Crippen LogP contribution in [0.25, 0.3) is 0 Å². The molecule has 2 rings (SSSR count). The van der Waals surface area contributed by atoms with E-state index in [1.807, 2.05) is 7.11 Å². The molecule has 0 radical (unpaired) electrons. The third kappa shape index (κ3) is 2.96. The van der Waals surface area contributed by atoms with Crippen LogP contribution in [-0.4, -0.2) is 50.3 Å². The summed E-state index contributed by atoms with van der Waals surface area (Å²) in [6.45, 7) is 2.44. The molecule has 2 aliphatic rings. The van der Waals surface area contributed by atoms with E-state index in [1.54, 1.807) is 0 Å². The van der Waals surface area contributed by atoms with Crippen molar-refractivity contribution in [2.45, 2.75) is 56.7 Å². The molecule has 1 saturated heterocycles. The zero-order valence-corrected chi connectivity index (χ0v) is 10.7. The number of hydrogen-bond acceptors (Lipinski definition) is 3. The Bertz CT molecular complexity index is 208. The molecule has 0 amide bonds. The molecular weight excluding hydrogens is 200 g/mol. The molecule has 16 heavy (non-hydrogen) atoms. The highest BCUT2D eigenvalue weighted by molar-refractivity contribution is 4.85. The van der Waals surface area contributed by atoms with Gasteiger partial charge in [0.2, 0.25) is 0 Å². The molecule has 1 aliphatic carbocycles. The summed E-state index contributed by atoms with van der Waals surface area (Å²) in [4.78, 5) is 2.67. The molecule has 1 saturated carbocycles. The summed E-state index contributed by atoms with van der Waals surface area (Å²) in [6, 6.07) is 1.59. The first-order valence-electron chi connectivity index (χ1n) is 6.77. The number of rotatable bonds is 3. The van der Waals surface area contributed by atoms with E-state index in [2.05, 4.69) is 17.3 Å². The summed E-state index contributed by atoms with van der Waals surface area (Å²) in [5, 5.41) is 3.40. The van der Waals surface area contributed by atoms with Gasteiger partial charge in [-0.1, -0.05) is 0 Å². The average Bonchev–Trinajstić information content (AvgIpc) is 2.39. The number of nitrogens with zero attached hydrogens (tertiary/aromatic N) is 1. The first-order chi connectivity index (χ1) is 7.83. The highest BCUT2D eigenvalue weighted by Gasteiger charge is 2.28. The largest absolute Gasteiger partial charge is 0.380 e. The molecule has 1 N–H and O–H groups in total. The lowest BCUT2D eigenvalue weighted by Crippen LogP contribution is -2.47. The first-order valence-corrected chi connectivity index (χ1v) is 6.77. The minimum Gasteiger partial charge on any atom is -0.380 e. The predicted molar refractivity (Wildman–Crippen MR) is 68.8 cm³/mol. The number of ether oxygens (including phenoxy) is 1. The van der Waals surface area contributed by atoms with Crippen LogP contribution in [-0.2, 0) is 4.74 Å². The van der Waals surface area contributed by atoms with E-state index in [-0.39, 0.29) is 1.43 Å². The third-order valence-corrected chi connectivity index (χ3v) is 4.36. The summed E-state index contributed by atoms with van der Waals surface area (Å²) < 4.78 is 5.50. The second-order valence-electron chi connectivity index (χ2n) is 5.29. The summed E-state index contributed by atoms with van der Waals surface area (Å²) in [6.07, 6.45) is 8.45. The number of nitrogens with one attached hydrogen (secondary N) is 1. The maximum atomic E-state index is 5.50. The molecule has 1 aliphatic heterocycles. The Kier molecular flexibility index (Phi) is 4.62. The highest BCUT2D eigenvalue weighted by Crippen LogP contribution is 2.26. The van der Waals surface area contributed by atoms with Gasteiger partial charge >= 0.3 is 0 Å². The first kappa shape index (κ1) is 12.3. The van der Waals surface area contributed by atoms with Crippen molar-refractivity contribution in [3.63, 3.8) is 0 Å². The Labute approximate surface area is 101 Å². The topological polar surface area (TPSA) is 24.5 Å². The van der Waals surface area contributed by atoms with Gasteiger partial charge in [-0.05, 0) is 52.1 Å². The SMILES string of the molecule is CNC1CCC(N2CCCC(OC)C2)CC1.[HH]. The van der Waals surface area contributed by atoms with Crippen molar-refractivity contribution in [1.29, 1.82) is 0 Å². The van der Waals surface area contributed by atoms with Gasteiger partial charge in [0, 0.05) is 27.2 Å². The molecule has 1 heterocycles. The van der Waals surface area contributed by atoms with Crippen LogP contribution in [0.4, 0.5) is 0 Å². The monoisotopic (exact) mass is 228 g/mol. The minimum absolute atomic E-state index is 0. The molecule has 96 valence electrons. The van der Waals surface area contributed by atoms with Gasteiger partial charge in [0.1, 0.15) is 0 Å². The highest BCUT2D eigenvalue weighted by atomic mass is 16.5. The lowest BCUT2D eigenvalue weighted by atomic mass is 9.89. The van der Waals surface area contributed by atoms with E-state index in [1.165, 1.54) is 45.1 Å². The Morgan fingerprint density at radius 1 is 1.19 bits per heavy atom. The van der Waals surface area contributed by atoms with E-state index in [0.29, 0.717) is 6.10 Å². The van der Waals surface area contributed by atoms with Gasteiger partial charge in [-0.15, -0.1) is 0 Å². The van der Waals surface area contributed by atoms with Crippen LogP contribution in [0.3, 0.4) is 0 Å². The normalized spacial score (nSPS) is 37.5. The molecule has 0 aromatic carbocycles. The number of methoxy groups -OCH3 is 1. The molecule has 3 heteroatoms. The maximum Gasteiger partial charge on any atom is 0.0698 e. The van der Waals surface area contributed by atoms with E-state index in [0.717, 1.165) is 18.6 Å². The van der Waals surface area contributed by atoms with Gasteiger partial charge in [-0.3, -0.25) is 4.90 Å². The summed E-state index contributed by atoms with van der Waals surface area (Å²) in [7, 11) is 3.94. The summed E-state index contributed by atoms with van der Waals surface area (Å²) in [5.74, 6) is 0. The van der Waals surface area contributed by atoms with Crippen molar-refractivity contribution in [3.05, 3.63) is 0 Å². The molecule has 0 aromatic rings. The Hall–Kier alpha value is -0.120. The Balaban J connectivity index is 0.00000144. The quantitative estimate of drug-likeness (QED) is 0.798. The van der Waals surface area contributed by atoms with Crippen LogP contribution in [0.1, 0.15) is 40.0 Å². The number of piperidine rings is 1. The van der Waals surface area contributed by atoms with Gasteiger partial charge in [0.05, 0.1) is 6.10 Å². The molecule has 1 atom stereocenters. The molecule has 3 nitrogen and oxygen atoms in total. The minimum atomic E-state index is 0. The van der Waals surface area contributed by atoms with Crippen LogP contribution >= 0.6 is 0 Å². The van der Waals surface area contributed by atoms with Crippen molar-refractivity contribution in [3.8, 4) is 0 Å². The fourth-order valence-electron chi connectivity index (χ4n) is 3.22. The molecule has 1 unspecified atom stereocenters. The summed E-state index contributed by atoms with van der Waals surface area (Å²) in [5.41, 5.74) is 0. The van der Waals surface area contributed by atoms with Crippen molar-refractivity contribution in [2.75, 3.05) is 27.2 Å². The predicted octanol–water partition coefficient (Wildman–Crippen LogP) is 1.87. The zero-order valence-electron chi connectivity index (χ0n) is 10.7. The van der Waals surface area contributed by atoms with Crippen molar-refractivity contribution < 1.29 is 6.16 Å². The third-order valence-electron chi connectivity index (χ3n) is 4.36. The Morgan fingerprint density at radius 2 is 1.94 bits per heavy atom. The maximum absolute atomic E-state index is 5.50. The van der Waals surface area contributed by atoms with Gasteiger partial charge in [0.25, 0.3) is 0 Å². The van der Waals surface area contributed by atoms with E-state index in [9.17, 15) is 0 Å². The van der Waals surface area contributed by atoms with E-state index >= 15 is 0 Å². The summed E-state index contributed by atoms with van der Waals surface area (Å²) >= 11 is 0. The molecular formula is C13H28N2O. The van der Waals surface area contributed by atoms with Crippen molar-refractivity contribution in [2.24, 2.45) is 0 Å². The van der Waals surface area contributed by atoms with Crippen LogP contribution in [0, 0.1) is 0 Å². The van der Waals surface area contributed by atoms with Crippen LogP contribution in [0.2, 0.25) is 0 Å². The van der Waals surface area contributed by atoms with Crippen molar-refractivity contribution >= 4 is 0 Å². The molecule has 0 aromatic heterocycles. The fraction of sp³-hybridized carbons (Fsp3) is 1.00. The molecule has 0 bridgehead atoms. The lowest BCUT2D eigenvalue weighted by molar-refractivity contribution is 0.00619. The van der Waals surface area contributed by atoms with Gasteiger partial charge < -0.3 is 10.1 Å². The van der Waals surface area contributed by atoms with Gasteiger partial charge in [-0.25, -0.2) is 0 Å². The standard InChI is InChI=1S/C13H26N2O.H2/c1-14-11-5-7-12(8-6-11)15-9-3-4-13(10-15)16-2;/h11-14H,3-10H2,1-2H3;1H. The smallest absolute Gasteiger partial charge is 0.0698 e. The second-order valence-corrected chi connectivity index (χ2v) is 5.29. The van der Waals surface area contributed by atoms with Crippen molar-refractivity contribution in [1.82, 2.24) is 10.2 Å².